The number of allylic oxidation sites excluding steroid dienone is 2. The van der Waals surface area contributed by atoms with Crippen LogP contribution in [0, 0.1) is 0 Å². The van der Waals surface area contributed by atoms with Crippen LogP contribution in [0.25, 0.3) is 0 Å². The van der Waals surface area contributed by atoms with Crippen LogP contribution in [0.3, 0.4) is 0 Å². The molecular weight excluding hydrogens is 172 g/mol. The van der Waals surface area contributed by atoms with Crippen molar-refractivity contribution in [2.45, 2.75) is 19.6 Å². The van der Waals surface area contributed by atoms with Crippen LogP contribution in [0.4, 0.5) is 0 Å². The maximum atomic E-state index is 10.7. The maximum absolute atomic E-state index is 10.7. The minimum Gasteiger partial charge on any atom is -0.415 e. The lowest BCUT2D eigenvalue weighted by Crippen LogP contribution is -2.33. The number of ether oxygens (including phenoxy) is 2. The fourth-order valence-corrected chi connectivity index (χ4v) is 1.04. The van der Waals surface area contributed by atoms with Gasteiger partial charge in [-0.2, -0.15) is 0 Å². The highest BCUT2D eigenvalue weighted by molar-refractivity contribution is 5.70. The van der Waals surface area contributed by atoms with Crippen LogP contribution in [0.15, 0.2) is 24.3 Å². The summed E-state index contributed by atoms with van der Waals surface area (Å²) in [5, 5.41) is 0. The molecule has 70 valence electrons. The topological polar surface area (TPSA) is 52.6 Å². The molecule has 13 heavy (non-hydrogen) atoms. The average Bonchev–Trinajstić information content (AvgIpc) is 2.33. The van der Waals surface area contributed by atoms with Crippen molar-refractivity contribution in [2.24, 2.45) is 0 Å². The smallest absolute Gasteiger partial charge is 0.306 e. The molecule has 0 heterocycles. The summed E-state index contributed by atoms with van der Waals surface area (Å²) in [5.74, 6) is -2.33. The number of esters is 2. The molecular formula is C9H10O4. The highest BCUT2D eigenvalue weighted by atomic mass is 16.7. The molecule has 0 aromatic heterocycles. The van der Waals surface area contributed by atoms with Gasteiger partial charge in [0.25, 0.3) is 5.79 Å². The zero-order chi connectivity index (χ0) is 9.90. The summed E-state index contributed by atoms with van der Waals surface area (Å²) in [4.78, 5) is 21.4. The van der Waals surface area contributed by atoms with Gasteiger partial charge >= 0.3 is 11.9 Å². The van der Waals surface area contributed by atoms with Crippen molar-refractivity contribution in [3.63, 3.8) is 0 Å². The van der Waals surface area contributed by atoms with Crippen LogP contribution >= 0.6 is 0 Å². The van der Waals surface area contributed by atoms with Gasteiger partial charge in [0, 0.05) is 26.0 Å². The van der Waals surface area contributed by atoms with Gasteiger partial charge in [-0.05, 0) is 0 Å². The van der Waals surface area contributed by atoms with Crippen molar-refractivity contribution in [1.29, 1.82) is 0 Å². The molecule has 0 aromatic rings. The first-order chi connectivity index (χ1) is 6.04. The molecule has 1 aliphatic carbocycles. The number of rotatable bonds is 2. The predicted molar refractivity (Wildman–Crippen MR) is 44.5 cm³/mol. The van der Waals surface area contributed by atoms with Gasteiger partial charge in [-0.1, -0.05) is 12.2 Å². The zero-order valence-electron chi connectivity index (χ0n) is 7.44. The van der Waals surface area contributed by atoms with Crippen molar-refractivity contribution in [1.82, 2.24) is 0 Å². The van der Waals surface area contributed by atoms with Gasteiger partial charge in [0.2, 0.25) is 0 Å². The summed E-state index contributed by atoms with van der Waals surface area (Å²) in [5.41, 5.74) is 0. The maximum Gasteiger partial charge on any atom is 0.306 e. The molecule has 0 unspecified atom stereocenters. The molecule has 0 bridgehead atoms. The molecule has 0 fully saturated rings. The summed E-state index contributed by atoms with van der Waals surface area (Å²) in [6.07, 6.45) is 6.28. The molecule has 0 aliphatic heterocycles. The Morgan fingerprint density at radius 2 is 1.38 bits per heavy atom. The van der Waals surface area contributed by atoms with Crippen LogP contribution in [0.1, 0.15) is 13.8 Å². The van der Waals surface area contributed by atoms with E-state index in [1.807, 2.05) is 0 Å². The van der Waals surface area contributed by atoms with E-state index in [9.17, 15) is 9.59 Å². The molecule has 0 aromatic carbocycles. The van der Waals surface area contributed by atoms with Crippen molar-refractivity contribution in [3.8, 4) is 0 Å². The lowest BCUT2D eigenvalue weighted by molar-refractivity contribution is -0.194. The first-order valence-corrected chi connectivity index (χ1v) is 3.80. The molecule has 4 heteroatoms. The van der Waals surface area contributed by atoms with E-state index >= 15 is 0 Å². The van der Waals surface area contributed by atoms with E-state index in [0.717, 1.165) is 0 Å². The monoisotopic (exact) mass is 182 g/mol. The van der Waals surface area contributed by atoms with E-state index in [1.165, 1.54) is 26.0 Å². The Kier molecular flexibility index (Phi) is 2.51. The van der Waals surface area contributed by atoms with Crippen molar-refractivity contribution in [2.75, 3.05) is 0 Å². The number of carbonyl (C=O) groups excluding carboxylic acids is 2. The fraction of sp³-hybridized carbons (Fsp3) is 0.333. The Morgan fingerprint density at radius 1 is 1.00 bits per heavy atom. The van der Waals surface area contributed by atoms with E-state index in [2.05, 4.69) is 0 Å². The second-order valence-corrected chi connectivity index (χ2v) is 2.63. The van der Waals surface area contributed by atoms with Crippen molar-refractivity contribution >= 4 is 11.9 Å². The highest BCUT2D eigenvalue weighted by Gasteiger charge is 2.32. The molecule has 1 rings (SSSR count). The summed E-state index contributed by atoms with van der Waals surface area (Å²) >= 11 is 0. The quantitative estimate of drug-likeness (QED) is 0.471. The second-order valence-electron chi connectivity index (χ2n) is 2.63. The third-order valence-corrected chi connectivity index (χ3v) is 1.37. The summed E-state index contributed by atoms with van der Waals surface area (Å²) in [6, 6.07) is 0. The van der Waals surface area contributed by atoms with Gasteiger partial charge in [0.1, 0.15) is 0 Å². The summed E-state index contributed by atoms with van der Waals surface area (Å²) in [7, 11) is 0. The Labute approximate surface area is 75.8 Å². The molecule has 0 N–H and O–H groups in total. The highest BCUT2D eigenvalue weighted by Crippen LogP contribution is 2.22. The van der Waals surface area contributed by atoms with Crippen molar-refractivity contribution < 1.29 is 19.1 Å². The fourth-order valence-electron chi connectivity index (χ4n) is 1.04. The second kappa shape index (κ2) is 3.43. The SMILES string of the molecule is CC(=O)OC1(OC(C)=O)C=CC=C1. The number of hydrogen-bond donors (Lipinski definition) is 0. The minimum absolute atomic E-state index is 0.502. The molecule has 0 saturated heterocycles. The molecule has 4 nitrogen and oxygen atoms in total. The number of carbonyl (C=O) groups is 2. The Hall–Kier alpha value is -1.58. The lowest BCUT2D eigenvalue weighted by Gasteiger charge is -2.23. The van der Waals surface area contributed by atoms with Gasteiger partial charge in [-0.25, -0.2) is 0 Å². The van der Waals surface area contributed by atoms with E-state index in [1.54, 1.807) is 12.2 Å². The number of hydrogen-bond acceptors (Lipinski definition) is 4. The van der Waals surface area contributed by atoms with Crippen LogP contribution < -0.4 is 0 Å². The Morgan fingerprint density at radius 3 is 1.69 bits per heavy atom. The lowest BCUT2D eigenvalue weighted by atomic mass is 10.3. The zero-order valence-corrected chi connectivity index (χ0v) is 7.44. The van der Waals surface area contributed by atoms with Gasteiger partial charge in [0.15, 0.2) is 0 Å². The normalized spacial score (nSPS) is 17.1. The molecule has 0 spiro atoms. The molecule has 0 amide bonds. The van der Waals surface area contributed by atoms with Crippen molar-refractivity contribution in [3.05, 3.63) is 24.3 Å². The molecule has 1 aliphatic rings. The standard InChI is InChI=1S/C9H10O4/c1-7(10)12-9(13-8(2)11)5-3-4-6-9/h3-6H,1-2H3. The minimum atomic E-state index is -1.32. The van der Waals surface area contributed by atoms with E-state index < -0.39 is 17.7 Å². The Bertz CT molecular complexity index is 258. The van der Waals surface area contributed by atoms with Gasteiger partial charge in [-0.3, -0.25) is 9.59 Å². The first kappa shape index (κ1) is 9.51. The van der Waals surface area contributed by atoms with E-state index in [-0.39, 0.29) is 0 Å². The predicted octanol–water partition coefficient (Wildman–Crippen LogP) is 0.935. The van der Waals surface area contributed by atoms with Crippen LogP contribution in [-0.4, -0.2) is 17.7 Å². The molecule has 0 atom stereocenters. The summed E-state index contributed by atoms with van der Waals surface area (Å²) < 4.78 is 9.71. The Balaban J connectivity index is 2.76. The van der Waals surface area contributed by atoms with E-state index in [0.29, 0.717) is 0 Å². The van der Waals surface area contributed by atoms with Gasteiger partial charge in [0.05, 0.1) is 0 Å². The third-order valence-electron chi connectivity index (χ3n) is 1.37. The molecule has 0 radical (unpaired) electrons. The largest absolute Gasteiger partial charge is 0.415 e. The average molecular weight is 182 g/mol. The first-order valence-electron chi connectivity index (χ1n) is 3.80. The molecule has 0 saturated carbocycles. The van der Waals surface area contributed by atoms with E-state index in [4.69, 9.17) is 9.47 Å². The van der Waals surface area contributed by atoms with Gasteiger partial charge in [-0.15, -0.1) is 0 Å². The van der Waals surface area contributed by atoms with Crippen LogP contribution in [-0.2, 0) is 19.1 Å². The van der Waals surface area contributed by atoms with Gasteiger partial charge < -0.3 is 9.47 Å². The van der Waals surface area contributed by atoms with Crippen LogP contribution in [0.2, 0.25) is 0 Å². The summed E-state index contributed by atoms with van der Waals surface area (Å²) in [6.45, 7) is 2.51. The van der Waals surface area contributed by atoms with Crippen LogP contribution in [0.5, 0.6) is 0 Å². The third kappa shape index (κ3) is 2.43.